The van der Waals surface area contributed by atoms with E-state index in [1.54, 1.807) is 11.3 Å². The van der Waals surface area contributed by atoms with E-state index in [0.29, 0.717) is 35.1 Å². The summed E-state index contributed by atoms with van der Waals surface area (Å²) in [6.07, 6.45) is 10.2. The van der Waals surface area contributed by atoms with Crippen LogP contribution in [0.4, 0.5) is 0 Å². The summed E-state index contributed by atoms with van der Waals surface area (Å²) in [6, 6.07) is 13.0. The summed E-state index contributed by atoms with van der Waals surface area (Å²) in [7, 11) is 0. The maximum atomic E-state index is 13.4. The van der Waals surface area contributed by atoms with Gasteiger partial charge in [-0.3, -0.25) is 14.0 Å². The highest BCUT2D eigenvalue weighted by Crippen LogP contribution is 2.59. The van der Waals surface area contributed by atoms with Crippen molar-refractivity contribution in [2.45, 2.75) is 57.8 Å². The van der Waals surface area contributed by atoms with Gasteiger partial charge in [-0.1, -0.05) is 29.8 Å². The molecular formula is C30H34ClN3O3. The van der Waals surface area contributed by atoms with E-state index in [2.05, 4.69) is 5.32 Å². The van der Waals surface area contributed by atoms with E-state index in [-0.39, 0.29) is 17.3 Å². The third-order valence-corrected chi connectivity index (χ3v) is 9.07. The lowest BCUT2D eigenvalue weighted by Gasteiger charge is -2.56. The number of nitrogens with one attached hydrogen (secondary N) is 1. The largest absolute Gasteiger partial charge is 0.465 e. The number of halogens is 1. The Hall–Kier alpha value is -2.86. The number of pyridine rings is 1. The summed E-state index contributed by atoms with van der Waals surface area (Å²) in [5, 5.41) is 3.93. The van der Waals surface area contributed by atoms with Crippen LogP contribution in [0.25, 0.3) is 5.65 Å². The van der Waals surface area contributed by atoms with Gasteiger partial charge in [-0.05, 0) is 105 Å². The molecule has 4 aliphatic carbocycles. The predicted octanol–water partition coefficient (Wildman–Crippen LogP) is 5.82. The van der Waals surface area contributed by atoms with Crippen molar-refractivity contribution in [3.63, 3.8) is 0 Å². The second-order valence-corrected chi connectivity index (χ2v) is 12.0. The van der Waals surface area contributed by atoms with Gasteiger partial charge in [-0.25, -0.2) is 4.98 Å². The fourth-order valence-corrected chi connectivity index (χ4v) is 7.78. The average molecular weight is 520 g/mol. The number of esters is 1. The SMILES string of the molecule is CCOC(=O)C(Cc1ccc(Cl)cc1)c1cn2c(C(=O)NCC34CC5CC(CC(C5)C3)C4)cccc2n1. The highest BCUT2D eigenvalue weighted by atomic mass is 35.5. The van der Waals surface area contributed by atoms with E-state index < -0.39 is 5.92 Å². The molecule has 0 saturated heterocycles. The van der Waals surface area contributed by atoms with Crippen molar-refractivity contribution in [3.8, 4) is 0 Å². The van der Waals surface area contributed by atoms with Gasteiger partial charge >= 0.3 is 5.97 Å². The van der Waals surface area contributed by atoms with Crippen LogP contribution in [0.1, 0.15) is 73.1 Å². The van der Waals surface area contributed by atoms with Gasteiger partial charge in [0.2, 0.25) is 0 Å². The van der Waals surface area contributed by atoms with Gasteiger partial charge in [0.15, 0.2) is 0 Å². The summed E-state index contributed by atoms with van der Waals surface area (Å²) < 4.78 is 7.19. The Morgan fingerprint density at radius 2 is 1.76 bits per heavy atom. The first-order valence-corrected chi connectivity index (χ1v) is 14.0. The molecule has 1 amide bonds. The van der Waals surface area contributed by atoms with Crippen LogP contribution in [0.15, 0.2) is 48.7 Å². The van der Waals surface area contributed by atoms with Gasteiger partial charge in [-0.15, -0.1) is 0 Å². The lowest BCUT2D eigenvalue weighted by molar-refractivity contribution is -0.145. The molecule has 3 aromatic rings. The van der Waals surface area contributed by atoms with Crippen LogP contribution < -0.4 is 5.32 Å². The predicted molar refractivity (Wildman–Crippen MR) is 143 cm³/mol. The number of hydrogen-bond donors (Lipinski definition) is 1. The van der Waals surface area contributed by atoms with Gasteiger partial charge in [0, 0.05) is 17.8 Å². The van der Waals surface area contributed by atoms with E-state index in [9.17, 15) is 9.59 Å². The number of fused-ring (bicyclic) bond motifs is 1. The smallest absolute Gasteiger partial charge is 0.315 e. The van der Waals surface area contributed by atoms with Crippen LogP contribution in [-0.4, -0.2) is 34.4 Å². The molecule has 6 nitrogen and oxygen atoms in total. The second-order valence-electron chi connectivity index (χ2n) is 11.5. The summed E-state index contributed by atoms with van der Waals surface area (Å²) in [5.41, 5.74) is 3.01. The molecule has 0 radical (unpaired) electrons. The molecule has 4 aliphatic rings. The molecule has 4 fully saturated rings. The Bertz CT molecular complexity index is 1280. The Morgan fingerprint density at radius 3 is 2.41 bits per heavy atom. The van der Waals surface area contributed by atoms with Gasteiger partial charge in [0.1, 0.15) is 17.3 Å². The highest BCUT2D eigenvalue weighted by Gasteiger charge is 2.50. The lowest BCUT2D eigenvalue weighted by atomic mass is 9.49. The molecule has 7 heteroatoms. The molecule has 0 spiro atoms. The van der Waals surface area contributed by atoms with E-state index in [4.69, 9.17) is 21.3 Å². The summed E-state index contributed by atoms with van der Waals surface area (Å²) in [6.45, 7) is 2.84. The zero-order valence-corrected chi connectivity index (χ0v) is 22.0. The van der Waals surface area contributed by atoms with Gasteiger partial charge in [0.25, 0.3) is 5.91 Å². The Morgan fingerprint density at radius 1 is 1.08 bits per heavy atom. The van der Waals surface area contributed by atoms with E-state index >= 15 is 0 Å². The third-order valence-electron chi connectivity index (χ3n) is 8.81. The van der Waals surface area contributed by atoms with Crippen molar-refractivity contribution in [2.75, 3.05) is 13.2 Å². The number of nitrogens with zero attached hydrogens (tertiary/aromatic N) is 2. The molecule has 37 heavy (non-hydrogen) atoms. The lowest BCUT2D eigenvalue weighted by Crippen LogP contribution is -2.51. The van der Waals surface area contributed by atoms with Crippen molar-refractivity contribution < 1.29 is 14.3 Å². The first kappa shape index (κ1) is 24.5. The van der Waals surface area contributed by atoms with Crippen molar-refractivity contribution in [1.82, 2.24) is 14.7 Å². The fourth-order valence-electron chi connectivity index (χ4n) is 7.66. The summed E-state index contributed by atoms with van der Waals surface area (Å²) >= 11 is 6.05. The molecule has 0 aliphatic heterocycles. The zero-order valence-electron chi connectivity index (χ0n) is 21.3. The molecule has 2 aromatic heterocycles. The number of carbonyl (C=O) groups is 2. The molecule has 1 atom stereocenters. The molecule has 1 unspecified atom stereocenters. The topological polar surface area (TPSA) is 72.7 Å². The molecule has 7 rings (SSSR count). The molecule has 4 bridgehead atoms. The van der Waals surface area contributed by atoms with Crippen molar-refractivity contribution in [1.29, 1.82) is 0 Å². The van der Waals surface area contributed by atoms with Crippen LogP contribution in [0, 0.1) is 23.2 Å². The Kier molecular flexibility index (Phi) is 6.47. The molecule has 4 saturated carbocycles. The maximum absolute atomic E-state index is 13.4. The fraction of sp³-hybridized carbons (Fsp3) is 0.500. The minimum Gasteiger partial charge on any atom is -0.465 e. The van der Waals surface area contributed by atoms with Gasteiger partial charge in [0.05, 0.1) is 12.3 Å². The molecule has 2 heterocycles. The van der Waals surface area contributed by atoms with Crippen molar-refractivity contribution in [3.05, 3.63) is 70.6 Å². The normalized spacial score (nSPS) is 26.8. The second kappa shape index (κ2) is 9.79. The monoisotopic (exact) mass is 519 g/mol. The minimum atomic E-state index is -0.580. The number of aromatic nitrogens is 2. The number of hydrogen-bond acceptors (Lipinski definition) is 4. The standard InChI is InChI=1S/C30H34ClN3O3/c1-2-37-29(36)24(13-19-6-8-23(31)9-7-19)25-17-34-26(4-3-5-27(34)33-25)28(35)32-18-30-14-20-10-21(15-30)12-22(11-20)16-30/h3-9,17,20-22,24H,2,10-16,18H2,1H3,(H,32,35). The van der Waals surface area contributed by atoms with Crippen LogP contribution >= 0.6 is 11.6 Å². The summed E-state index contributed by atoms with van der Waals surface area (Å²) in [5.74, 6) is 1.56. The molecule has 194 valence electrons. The van der Waals surface area contributed by atoms with Gasteiger partial charge < -0.3 is 10.1 Å². The third kappa shape index (κ3) is 4.88. The average Bonchev–Trinajstić information content (AvgIpc) is 3.30. The zero-order chi connectivity index (χ0) is 25.6. The van der Waals surface area contributed by atoms with Gasteiger partial charge in [-0.2, -0.15) is 0 Å². The molecular weight excluding hydrogens is 486 g/mol. The Labute approximate surface area is 222 Å². The maximum Gasteiger partial charge on any atom is 0.315 e. The first-order chi connectivity index (χ1) is 17.9. The quantitative estimate of drug-likeness (QED) is 0.380. The summed E-state index contributed by atoms with van der Waals surface area (Å²) in [4.78, 5) is 31.1. The number of ether oxygens (including phenoxy) is 1. The van der Waals surface area contributed by atoms with E-state index in [1.165, 1.54) is 38.5 Å². The number of benzene rings is 1. The van der Waals surface area contributed by atoms with E-state index in [0.717, 1.165) is 29.9 Å². The molecule has 1 aromatic carbocycles. The Balaban J connectivity index is 1.24. The van der Waals surface area contributed by atoms with E-state index in [1.807, 2.05) is 48.7 Å². The first-order valence-electron chi connectivity index (χ1n) is 13.6. The van der Waals surface area contributed by atoms with Crippen LogP contribution in [0.5, 0.6) is 0 Å². The van der Waals surface area contributed by atoms with Crippen molar-refractivity contribution >= 4 is 29.1 Å². The molecule has 1 N–H and O–H groups in total. The number of imidazole rings is 1. The number of rotatable bonds is 8. The van der Waals surface area contributed by atoms with Crippen LogP contribution in [0.2, 0.25) is 5.02 Å². The number of carbonyl (C=O) groups excluding carboxylic acids is 2. The van der Waals surface area contributed by atoms with Crippen LogP contribution in [0.3, 0.4) is 0 Å². The highest BCUT2D eigenvalue weighted by molar-refractivity contribution is 6.30. The minimum absolute atomic E-state index is 0.0873. The van der Waals surface area contributed by atoms with Crippen LogP contribution in [-0.2, 0) is 16.0 Å². The van der Waals surface area contributed by atoms with Crippen molar-refractivity contribution in [2.24, 2.45) is 23.2 Å². The number of amides is 1.